The van der Waals surface area contributed by atoms with Crippen LogP contribution in [-0.2, 0) is 14.9 Å². The number of halogens is 1. The Hall–Kier alpha value is -2.30. The summed E-state index contributed by atoms with van der Waals surface area (Å²) in [6.45, 7) is 3.86. The van der Waals surface area contributed by atoms with Gasteiger partial charge in [0, 0.05) is 0 Å². The summed E-state index contributed by atoms with van der Waals surface area (Å²) in [6.07, 6.45) is 1.51. The summed E-state index contributed by atoms with van der Waals surface area (Å²) in [6, 6.07) is 9.39. The minimum Gasteiger partial charge on any atom is -0.490 e. The third kappa shape index (κ3) is 5.01. The van der Waals surface area contributed by atoms with Crippen molar-refractivity contribution in [2.24, 2.45) is 0 Å². The predicted octanol–water partition coefficient (Wildman–Crippen LogP) is 4.25. The topological polar surface area (TPSA) is 98.8 Å². The molecule has 0 unspecified atom stereocenters. The first-order chi connectivity index (χ1) is 13.7. The Balaban J connectivity index is 1.99. The van der Waals surface area contributed by atoms with Gasteiger partial charge in [0.1, 0.15) is 4.90 Å². The molecule has 3 rings (SSSR count). The molecule has 0 atom stereocenters. The monoisotopic (exact) mass is 497 g/mol. The number of hydrogen-bond acceptors (Lipinski definition) is 7. The zero-order valence-electron chi connectivity index (χ0n) is 15.4. The van der Waals surface area contributed by atoms with Crippen LogP contribution in [0.5, 0.6) is 11.5 Å². The van der Waals surface area contributed by atoms with Crippen LogP contribution in [-0.4, -0.2) is 26.2 Å². The van der Waals surface area contributed by atoms with Gasteiger partial charge in [0.15, 0.2) is 11.5 Å². The zero-order valence-corrected chi connectivity index (χ0v) is 18.6. The van der Waals surface area contributed by atoms with Crippen LogP contribution in [0.3, 0.4) is 0 Å². The summed E-state index contributed by atoms with van der Waals surface area (Å²) in [5.41, 5.74) is 1.46. The third-order valence-corrected chi connectivity index (χ3v) is 6.41. The fourth-order valence-electron chi connectivity index (χ4n) is 2.45. The van der Waals surface area contributed by atoms with Crippen molar-refractivity contribution < 1.29 is 26.9 Å². The SMILES string of the molecule is CCOc1cc(/C=C2\SC(=O)NC2=O)cc(Br)c1OS(=O)(=O)c1ccc(C)cc1. The zero-order chi connectivity index (χ0) is 21.2. The number of carbonyl (C=O) groups is 2. The van der Waals surface area contributed by atoms with Gasteiger partial charge in [0.25, 0.3) is 11.1 Å². The molecule has 2 amide bonds. The first kappa shape index (κ1) is 21.4. The molecular weight excluding hydrogens is 482 g/mol. The Morgan fingerprint density at radius 3 is 2.45 bits per heavy atom. The normalized spacial score (nSPS) is 15.5. The quantitative estimate of drug-likeness (QED) is 0.470. The lowest BCUT2D eigenvalue weighted by atomic mass is 10.2. The summed E-state index contributed by atoms with van der Waals surface area (Å²) in [4.78, 5) is 23.3. The Morgan fingerprint density at radius 1 is 1.17 bits per heavy atom. The van der Waals surface area contributed by atoms with E-state index in [1.807, 2.05) is 6.92 Å². The van der Waals surface area contributed by atoms with Gasteiger partial charge in [-0.15, -0.1) is 0 Å². The fourth-order valence-corrected chi connectivity index (χ4v) is 4.74. The number of imide groups is 1. The van der Waals surface area contributed by atoms with E-state index >= 15 is 0 Å². The molecule has 1 N–H and O–H groups in total. The second-order valence-corrected chi connectivity index (χ2v) is 9.38. The third-order valence-electron chi connectivity index (χ3n) is 3.77. The van der Waals surface area contributed by atoms with Crippen molar-refractivity contribution in [3.05, 3.63) is 56.9 Å². The molecule has 7 nitrogen and oxygen atoms in total. The summed E-state index contributed by atoms with van der Waals surface area (Å²) in [5, 5.41) is 1.73. The number of rotatable bonds is 6. The van der Waals surface area contributed by atoms with Crippen molar-refractivity contribution in [3.8, 4) is 11.5 Å². The molecular formula is C19H16BrNO6S2. The molecule has 1 aliphatic rings. The Morgan fingerprint density at radius 2 is 1.86 bits per heavy atom. The first-order valence-electron chi connectivity index (χ1n) is 8.42. The molecule has 1 fully saturated rings. The minimum atomic E-state index is -4.08. The lowest BCUT2D eigenvalue weighted by Crippen LogP contribution is -2.17. The number of hydrogen-bond donors (Lipinski definition) is 1. The van der Waals surface area contributed by atoms with Gasteiger partial charge in [0.05, 0.1) is 16.0 Å². The molecule has 2 aromatic rings. The molecule has 1 heterocycles. The largest absolute Gasteiger partial charge is 0.490 e. The van der Waals surface area contributed by atoms with Crippen molar-refractivity contribution in [3.63, 3.8) is 0 Å². The standard InChI is InChI=1S/C19H16BrNO6S2/c1-3-26-15-9-12(10-16-18(22)21-19(23)28-16)8-14(20)17(15)27-29(24,25)13-6-4-11(2)5-7-13/h4-10H,3H2,1-2H3,(H,21,22,23)/b16-10-. The number of benzene rings is 2. The number of ether oxygens (including phenoxy) is 1. The van der Waals surface area contributed by atoms with Gasteiger partial charge >= 0.3 is 10.1 Å². The maximum absolute atomic E-state index is 12.7. The lowest BCUT2D eigenvalue weighted by molar-refractivity contribution is -0.115. The van der Waals surface area contributed by atoms with Crippen molar-refractivity contribution >= 4 is 55.0 Å². The van der Waals surface area contributed by atoms with Gasteiger partial charge in [-0.25, -0.2) is 0 Å². The van der Waals surface area contributed by atoms with Crippen LogP contribution in [0.4, 0.5) is 4.79 Å². The molecule has 152 valence electrons. The fraction of sp³-hybridized carbons (Fsp3) is 0.158. The van der Waals surface area contributed by atoms with Crippen LogP contribution in [0.15, 0.2) is 50.7 Å². The summed E-state index contributed by atoms with van der Waals surface area (Å²) in [5.74, 6) is -0.315. The highest BCUT2D eigenvalue weighted by molar-refractivity contribution is 9.10. The lowest BCUT2D eigenvalue weighted by Gasteiger charge is -2.14. The van der Waals surface area contributed by atoms with E-state index in [0.717, 1.165) is 17.3 Å². The van der Waals surface area contributed by atoms with Crippen LogP contribution in [0.25, 0.3) is 6.08 Å². The molecule has 29 heavy (non-hydrogen) atoms. The van der Waals surface area contributed by atoms with Gasteiger partial charge < -0.3 is 8.92 Å². The first-order valence-corrected chi connectivity index (χ1v) is 11.4. The highest BCUT2D eigenvalue weighted by Gasteiger charge is 2.26. The Labute approximate surface area is 180 Å². The molecule has 1 aliphatic heterocycles. The number of carbonyl (C=O) groups excluding carboxylic acids is 2. The highest BCUT2D eigenvalue weighted by Crippen LogP contribution is 2.40. The van der Waals surface area contributed by atoms with E-state index in [1.54, 1.807) is 25.1 Å². The van der Waals surface area contributed by atoms with Crippen LogP contribution in [0, 0.1) is 6.92 Å². The van der Waals surface area contributed by atoms with Gasteiger partial charge in [0.2, 0.25) is 0 Å². The van der Waals surface area contributed by atoms with Crippen molar-refractivity contribution in [1.82, 2.24) is 5.32 Å². The van der Waals surface area contributed by atoms with E-state index in [1.165, 1.54) is 24.3 Å². The van der Waals surface area contributed by atoms with E-state index in [4.69, 9.17) is 8.92 Å². The van der Waals surface area contributed by atoms with Crippen LogP contribution in [0.2, 0.25) is 0 Å². The van der Waals surface area contributed by atoms with Gasteiger partial charge in [-0.05, 0) is 77.4 Å². The predicted molar refractivity (Wildman–Crippen MR) is 113 cm³/mol. The molecule has 2 aromatic carbocycles. The Bertz CT molecular complexity index is 1110. The van der Waals surface area contributed by atoms with Crippen LogP contribution < -0.4 is 14.2 Å². The molecule has 0 spiro atoms. The maximum Gasteiger partial charge on any atom is 0.339 e. The maximum atomic E-state index is 12.7. The summed E-state index contributed by atoms with van der Waals surface area (Å²) >= 11 is 4.09. The van der Waals surface area contributed by atoms with Crippen molar-refractivity contribution in [2.75, 3.05) is 6.61 Å². The van der Waals surface area contributed by atoms with Gasteiger partial charge in [-0.3, -0.25) is 14.9 Å². The van der Waals surface area contributed by atoms with Gasteiger partial charge in [-0.2, -0.15) is 8.42 Å². The van der Waals surface area contributed by atoms with Crippen LogP contribution in [0.1, 0.15) is 18.1 Å². The summed E-state index contributed by atoms with van der Waals surface area (Å²) in [7, 11) is -4.08. The van der Waals surface area contributed by atoms with E-state index in [9.17, 15) is 18.0 Å². The number of thioether (sulfide) groups is 1. The molecule has 0 aromatic heterocycles. The molecule has 0 bridgehead atoms. The molecule has 10 heteroatoms. The average molecular weight is 498 g/mol. The van der Waals surface area contributed by atoms with E-state index < -0.39 is 21.3 Å². The van der Waals surface area contributed by atoms with E-state index in [-0.39, 0.29) is 27.9 Å². The van der Waals surface area contributed by atoms with Crippen molar-refractivity contribution in [2.45, 2.75) is 18.7 Å². The van der Waals surface area contributed by atoms with Crippen LogP contribution >= 0.6 is 27.7 Å². The molecule has 0 saturated carbocycles. The van der Waals surface area contributed by atoms with Gasteiger partial charge in [-0.1, -0.05) is 17.7 Å². The second-order valence-electron chi connectivity index (χ2n) is 5.97. The number of amides is 2. The number of aryl methyl sites for hydroxylation is 1. The molecule has 0 radical (unpaired) electrons. The van der Waals surface area contributed by atoms with E-state index in [2.05, 4.69) is 21.2 Å². The molecule has 0 aliphatic carbocycles. The summed E-state index contributed by atoms with van der Waals surface area (Å²) < 4.78 is 36.5. The average Bonchev–Trinajstić information content (AvgIpc) is 2.95. The minimum absolute atomic E-state index is 0.00539. The smallest absolute Gasteiger partial charge is 0.339 e. The second kappa shape index (κ2) is 8.60. The number of nitrogens with one attached hydrogen (secondary N) is 1. The van der Waals surface area contributed by atoms with E-state index in [0.29, 0.717) is 10.0 Å². The molecule has 1 saturated heterocycles. The Kier molecular flexibility index (Phi) is 6.35. The van der Waals surface area contributed by atoms with Crippen molar-refractivity contribution in [1.29, 1.82) is 0 Å². The highest BCUT2D eigenvalue weighted by atomic mass is 79.9.